The number of aliphatic hydroxyl groups is 1. The van der Waals surface area contributed by atoms with Gasteiger partial charge in [-0.1, -0.05) is 0 Å². The van der Waals surface area contributed by atoms with Crippen LogP contribution in [0.1, 0.15) is 0 Å². The first-order valence-electron chi connectivity index (χ1n) is 6.48. The van der Waals surface area contributed by atoms with Crippen molar-refractivity contribution in [3.05, 3.63) is 12.4 Å². The van der Waals surface area contributed by atoms with Crippen LogP contribution >= 0.6 is 0 Å². The van der Waals surface area contributed by atoms with Crippen LogP contribution in [0.2, 0.25) is 0 Å². The lowest BCUT2D eigenvalue weighted by Gasteiger charge is -2.34. The fraction of sp³-hybridized carbons (Fsp3) is 0.727. The van der Waals surface area contributed by atoms with Gasteiger partial charge in [0.1, 0.15) is 0 Å². The van der Waals surface area contributed by atoms with Crippen LogP contribution in [0.15, 0.2) is 12.4 Å². The van der Waals surface area contributed by atoms with E-state index in [0.717, 1.165) is 0 Å². The second-order valence-electron chi connectivity index (χ2n) is 5.11. The molecule has 1 aromatic rings. The molecule has 9 heteroatoms. The van der Waals surface area contributed by atoms with E-state index in [2.05, 4.69) is 10.00 Å². The molecule has 20 heavy (non-hydrogen) atoms. The summed E-state index contributed by atoms with van der Waals surface area (Å²) in [6.45, 7) is 3.08. The summed E-state index contributed by atoms with van der Waals surface area (Å²) in [5, 5.41) is 14.0. The van der Waals surface area contributed by atoms with Gasteiger partial charge in [-0.15, -0.1) is 0 Å². The third-order valence-electron chi connectivity index (χ3n) is 3.32. The Labute approximate surface area is 118 Å². The van der Waals surface area contributed by atoms with Gasteiger partial charge in [0.2, 0.25) is 10.0 Å². The van der Waals surface area contributed by atoms with Crippen molar-refractivity contribution in [2.24, 2.45) is 0 Å². The molecule has 1 fully saturated rings. The van der Waals surface area contributed by atoms with Crippen molar-refractivity contribution in [2.45, 2.75) is 12.6 Å². The molecule has 1 atom stereocenters. The largest absolute Gasteiger partial charge is 0.396 e. The number of aliphatic hydroxyl groups excluding tert-OH is 1. The number of piperazine rings is 1. The summed E-state index contributed by atoms with van der Waals surface area (Å²) in [5.74, 6) is 0. The second-order valence-corrected chi connectivity index (χ2v) is 7.09. The van der Waals surface area contributed by atoms with Gasteiger partial charge < -0.3 is 10.8 Å². The number of aromatic nitrogens is 2. The van der Waals surface area contributed by atoms with Gasteiger partial charge in [0.15, 0.2) is 0 Å². The molecule has 0 bridgehead atoms. The zero-order chi connectivity index (χ0) is 14.8. The molecule has 2 heterocycles. The summed E-state index contributed by atoms with van der Waals surface area (Å²) in [6.07, 6.45) is 3.88. The number of nitrogens with zero attached hydrogens (tertiary/aromatic N) is 4. The van der Waals surface area contributed by atoms with E-state index < -0.39 is 16.1 Å². The molecule has 0 amide bonds. The van der Waals surface area contributed by atoms with Gasteiger partial charge in [-0.2, -0.15) is 9.40 Å². The molecule has 3 N–H and O–H groups in total. The van der Waals surface area contributed by atoms with E-state index in [0.29, 0.717) is 45.0 Å². The number of anilines is 1. The molecule has 8 nitrogen and oxygen atoms in total. The molecule has 0 saturated carbocycles. The molecule has 1 saturated heterocycles. The van der Waals surface area contributed by atoms with Crippen LogP contribution in [0.25, 0.3) is 0 Å². The maximum atomic E-state index is 11.4. The summed E-state index contributed by atoms with van der Waals surface area (Å²) in [7, 11) is -3.11. The average Bonchev–Trinajstić information content (AvgIpc) is 2.74. The maximum absolute atomic E-state index is 11.4. The molecular weight excluding hydrogens is 282 g/mol. The Morgan fingerprint density at radius 3 is 2.50 bits per heavy atom. The number of hydrogen-bond acceptors (Lipinski definition) is 6. The summed E-state index contributed by atoms with van der Waals surface area (Å²) in [6, 6.07) is 0. The Bertz CT molecular complexity index is 536. The molecule has 1 aliphatic rings. The molecule has 1 aliphatic heterocycles. The molecule has 0 aromatic carbocycles. The van der Waals surface area contributed by atoms with Crippen LogP contribution in [0, 0.1) is 0 Å². The highest BCUT2D eigenvalue weighted by molar-refractivity contribution is 7.88. The standard InChI is InChI=1S/C11H21N5O3S/c1-20(18,19)16-4-2-14(3-5-16)8-11(17)9-15-7-10(12)6-13-15/h6-7,11,17H,2-5,8-9,12H2,1H3. The number of nitrogen functional groups attached to an aromatic ring is 1. The van der Waals surface area contributed by atoms with E-state index in [-0.39, 0.29) is 0 Å². The van der Waals surface area contributed by atoms with Crippen molar-refractivity contribution in [1.82, 2.24) is 19.0 Å². The summed E-state index contributed by atoms with van der Waals surface area (Å²) in [4.78, 5) is 2.05. The van der Waals surface area contributed by atoms with Crippen LogP contribution in [-0.2, 0) is 16.6 Å². The Balaban J connectivity index is 1.77. The van der Waals surface area contributed by atoms with Crippen molar-refractivity contribution in [3.63, 3.8) is 0 Å². The van der Waals surface area contributed by atoms with Gasteiger partial charge in [-0.3, -0.25) is 9.58 Å². The molecule has 0 radical (unpaired) electrons. The van der Waals surface area contributed by atoms with Crippen LogP contribution in [0.4, 0.5) is 5.69 Å². The normalized spacial score (nSPS) is 20.1. The zero-order valence-electron chi connectivity index (χ0n) is 11.5. The first-order valence-corrected chi connectivity index (χ1v) is 8.33. The van der Waals surface area contributed by atoms with E-state index in [1.165, 1.54) is 16.8 Å². The lowest BCUT2D eigenvalue weighted by Crippen LogP contribution is -2.50. The third kappa shape index (κ3) is 4.17. The number of nitrogens with two attached hydrogens (primary N) is 1. The van der Waals surface area contributed by atoms with E-state index in [1.54, 1.807) is 10.9 Å². The highest BCUT2D eigenvalue weighted by Crippen LogP contribution is 2.07. The lowest BCUT2D eigenvalue weighted by atomic mass is 10.3. The summed E-state index contributed by atoms with van der Waals surface area (Å²) < 4.78 is 25.9. The molecule has 2 rings (SSSR count). The molecule has 1 unspecified atom stereocenters. The van der Waals surface area contributed by atoms with Gasteiger partial charge >= 0.3 is 0 Å². The molecule has 114 valence electrons. The fourth-order valence-electron chi connectivity index (χ4n) is 2.29. The maximum Gasteiger partial charge on any atom is 0.211 e. The van der Waals surface area contributed by atoms with E-state index in [4.69, 9.17) is 5.73 Å². The molecule has 0 spiro atoms. The predicted molar refractivity (Wildman–Crippen MR) is 75.5 cm³/mol. The highest BCUT2D eigenvalue weighted by atomic mass is 32.2. The minimum atomic E-state index is -3.11. The quantitative estimate of drug-likeness (QED) is 0.679. The Morgan fingerprint density at radius 1 is 1.35 bits per heavy atom. The van der Waals surface area contributed by atoms with Crippen LogP contribution in [0.3, 0.4) is 0 Å². The minimum absolute atomic E-state index is 0.378. The fourth-order valence-corrected chi connectivity index (χ4v) is 3.12. The van der Waals surface area contributed by atoms with Crippen molar-refractivity contribution in [3.8, 4) is 0 Å². The van der Waals surface area contributed by atoms with Gasteiger partial charge in [-0.25, -0.2) is 8.42 Å². The van der Waals surface area contributed by atoms with Gasteiger partial charge in [0.25, 0.3) is 0 Å². The van der Waals surface area contributed by atoms with Gasteiger partial charge in [-0.05, 0) is 0 Å². The van der Waals surface area contributed by atoms with Crippen LogP contribution in [0.5, 0.6) is 0 Å². The first-order chi connectivity index (χ1) is 9.34. The summed E-state index contributed by atoms with van der Waals surface area (Å²) in [5.41, 5.74) is 6.13. The van der Waals surface area contributed by atoms with Crippen molar-refractivity contribution in [1.29, 1.82) is 0 Å². The summed E-state index contributed by atoms with van der Waals surface area (Å²) >= 11 is 0. The zero-order valence-corrected chi connectivity index (χ0v) is 12.3. The third-order valence-corrected chi connectivity index (χ3v) is 4.62. The number of β-amino-alcohol motifs (C(OH)–C–C–N with tert-alkyl or cyclic N) is 1. The monoisotopic (exact) mass is 303 g/mol. The smallest absolute Gasteiger partial charge is 0.211 e. The average molecular weight is 303 g/mol. The van der Waals surface area contributed by atoms with Crippen LogP contribution in [-0.4, -0.2) is 77.6 Å². The van der Waals surface area contributed by atoms with Crippen molar-refractivity contribution < 1.29 is 13.5 Å². The first kappa shape index (κ1) is 15.2. The van der Waals surface area contributed by atoms with Crippen molar-refractivity contribution in [2.75, 3.05) is 44.7 Å². The van der Waals surface area contributed by atoms with Gasteiger partial charge in [0.05, 0.1) is 30.8 Å². The topological polar surface area (TPSA) is 105 Å². The second kappa shape index (κ2) is 6.08. The van der Waals surface area contributed by atoms with E-state index in [9.17, 15) is 13.5 Å². The minimum Gasteiger partial charge on any atom is -0.396 e. The van der Waals surface area contributed by atoms with E-state index in [1.807, 2.05) is 0 Å². The number of hydrogen-bond donors (Lipinski definition) is 2. The molecule has 1 aromatic heterocycles. The number of sulfonamides is 1. The Morgan fingerprint density at radius 2 is 2.00 bits per heavy atom. The predicted octanol–water partition coefficient (Wildman–Crippen LogP) is -1.60. The Kier molecular flexibility index (Phi) is 4.63. The van der Waals surface area contributed by atoms with Crippen LogP contribution < -0.4 is 5.73 Å². The lowest BCUT2D eigenvalue weighted by molar-refractivity contribution is 0.0785. The van der Waals surface area contributed by atoms with Crippen molar-refractivity contribution >= 4 is 15.7 Å². The molecule has 0 aliphatic carbocycles. The van der Waals surface area contributed by atoms with E-state index >= 15 is 0 Å². The highest BCUT2D eigenvalue weighted by Gasteiger charge is 2.24. The SMILES string of the molecule is CS(=O)(=O)N1CCN(CC(O)Cn2cc(N)cn2)CC1. The molecular formula is C11H21N5O3S. The Hall–Kier alpha value is -1.16. The number of rotatable bonds is 5. The van der Waals surface area contributed by atoms with Gasteiger partial charge in [0, 0.05) is 38.9 Å².